The molecule has 2 fully saturated rings. The van der Waals surface area contributed by atoms with Gasteiger partial charge >= 0.3 is 5.97 Å². The lowest BCUT2D eigenvalue weighted by molar-refractivity contribution is -0.154. The first kappa shape index (κ1) is 14.8. The van der Waals surface area contributed by atoms with Crippen LogP contribution in [0.4, 0.5) is 0 Å². The molecule has 1 unspecified atom stereocenters. The van der Waals surface area contributed by atoms with Gasteiger partial charge in [-0.15, -0.1) is 0 Å². The van der Waals surface area contributed by atoms with E-state index in [1.807, 2.05) is 13.8 Å². The van der Waals surface area contributed by atoms with E-state index in [9.17, 15) is 9.90 Å². The third-order valence-electron chi connectivity index (χ3n) is 5.42. The molecule has 4 heteroatoms. The van der Waals surface area contributed by atoms with Gasteiger partial charge in [-0.1, -0.05) is 0 Å². The highest BCUT2D eigenvalue weighted by atomic mass is 16.5. The third kappa shape index (κ3) is 2.65. The summed E-state index contributed by atoms with van der Waals surface area (Å²) < 4.78 is 5.92. The Kier molecular flexibility index (Phi) is 3.69. The summed E-state index contributed by atoms with van der Waals surface area (Å²) in [6, 6.07) is 0.364. The van der Waals surface area contributed by atoms with Crippen molar-refractivity contribution >= 4 is 5.97 Å². The first-order valence-electron chi connectivity index (χ1n) is 7.34. The van der Waals surface area contributed by atoms with Gasteiger partial charge in [-0.3, -0.25) is 4.79 Å². The van der Waals surface area contributed by atoms with Gasteiger partial charge in [0.1, 0.15) is 0 Å². The topological polar surface area (TPSA) is 58.6 Å². The molecule has 0 aromatic heterocycles. The van der Waals surface area contributed by atoms with Gasteiger partial charge in [-0.25, -0.2) is 0 Å². The molecule has 0 aromatic carbocycles. The molecule has 2 rings (SSSR count). The molecule has 0 amide bonds. The van der Waals surface area contributed by atoms with Gasteiger partial charge in [0.05, 0.1) is 11.0 Å². The zero-order chi connectivity index (χ0) is 14.3. The fourth-order valence-corrected chi connectivity index (χ4v) is 3.03. The standard InChI is InChI=1S/C15H27NO3/c1-13(2,12(17)18)14(3,4)16-11-6-9-19-15(10-11)7-5-8-15/h11,16H,5-10H2,1-4H3,(H,17,18). The highest BCUT2D eigenvalue weighted by Crippen LogP contribution is 2.43. The molecule has 1 atom stereocenters. The minimum atomic E-state index is -0.794. The molecular weight excluding hydrogens is 242 g/mol. The summed E-state index contributed by atoms with van der Waals surface area (Å²) >= 11 is 0. The van der Waals surface area contributed by atoms with Crippen molar-refractivity contribution in [2.45, 2.75) is 77.0 Å². The summed E-state index contributed by atoms with van der Waals surface area (Å²) in [6.07, 6.45) is 5.58. The molecule has 0 radical (unpaired) electrons. The Morgan fingerprint density at radius 2 is 1.95 bits per heavy atom. The first-order valence-corrected chi connectivity index (χ1v) is 7.34. The van der Waals surface area contributed by atoms with Crippen molar-refractivity contribution in [3.63, 3.8) is 0 Å². The zero-order valence-electron chi connectivity index (χ0n) is 12.6. The molecule has 1 saturated carbocycles. The molecule has 1 aliphatic heterocycles. The molecule has 2 aliphatic rings. The maximum absolute atomic E-state index is 11.4. The van der Waals surface area contributed by atoms with Crippen molar-refractivity contribution in [1.29, 1.82) is 0 Å². The third-order valence-corrected chi connectivity index (χ3v) is 5.42. The normalized spacial score (nSPS) is 27.1. The van der Waals surface area contributed by atoms with Gasteiger partial charge in [0.25, 0.3) is 0 Å². The van der Waals surface area contributed by atoms with E-state index >= 15 is 0 Å². The van der Waals surface area contributed by atoms with Crippen LogP contribution in [0.2, 0.25) is 0 Å². The Bertz CT molecular complexity index is 358. The van der Waals surface area contributed by atoms with E-state index in [0.29, 0.717) is 6.04 Å². The number of aliphatic carboxylic acids is 1. The SMILES string of the molecule is CC(C)(NC1CCOC2(CCC2)C1)C(C)(C)C(=O)O. The van der Waals surface area contributed by atoms with E-state index in [4.69, 9.17) is 4.74 Å². The Morgan fingerprint density at radius 1 is 1.32 bits per heavy atom. The van der Waals surface area contributed by atoms with Crippen LogP contribution in [0.1, 0.15) is 59.8 Å². The summed E-state index contributed by atoms with van der Waals surface area (Å²) in [5.41, 5.74) is -1.14. The quantitative estimate of drug-likeness (QED) is 0.823. The van der Waals surface area contributed by atoms with E-state index in [1.165, 1.54) is 6.42 Å². The second-order valence-corrected chi connectivity index (χ2v) is 7.27. The number of ether oxygens (including phenoxy) is 1. The average molecular weight is 269 g/mol. The van der Waals surface area contributed by atoms with E-state index < -0.39 is 16.9 Å². The highest BCUT2D eigenvalue weighted by molar-refractivity contribution is 5.75. The minimum Gasteiger partial charge on any atom is -0.481 e. The average Bonchev–Trinajstić information content (AvgIpc) is 2.26. The number of hydrogen-bond acceptors (Lipinski definition) is 3. The molecule has 1 saturated heterocycles. The summed E-state index contributed by atoms with van der Waals surface area (Å²) in [5, 5.41) is 13.0. The van der Waals surface area contributed by atoms with Crippen LogP contribution < -0.4 is 5.32 Å². The number of carboxylic acids is 1. The second-order valence-electron chi connectivity index (χ2n) is 7.27. The molecule has 110 valence electrons. The maximum atomic E-state index is 11.4. The number of carbonyl (C=O) groups is 1. The minimum absolute atomic E-state index is 0.0966. The van der Waals surface area contributed by atoms with Crippen molar-refractivity contribution in [2.75, 3.05) is 6.61 Å². The van der Waals surface area contributed by atoms with Gasteiger partial charge in [0.2, 0.25) is 0 Å². The molecular formula is C15H27NO3. The van der Waals surface area contributed by atoms with Crippen molar-refractivity contribution in [2.24, 2.45) is 5.41 Å². The van der Waals surface area contributed by atoms with Crippen molar-refractivity contribution in [1.82, 2.24) is 5.32 Å². The fraction of sp³-hybridized carbons (Fsp3) is 0.933. The highest BCUT2D eigenvalue weighted by Gasteiger charge is 2.47. The summed E-state index contributed by atoms with van der Waals surface area (Å²) in [6.45, 7) is 8.36. The predicted octanol–water partition coefficient (Wildman–Crippen LogP) is 2.57. The van der Waals surface area contributed by atoms with E-state index in [1.54, 1.807) is 13.8 Å². The Hall–Kier alpha value is -0.610. The molecule has 1 spiro atoms. The largest absolute Gasteiger partial charge is 0.481 e. The smallest absolute Gasteiger partial charge is 0.310 e. The molecule has 1 aliphatic carbocycles. The van der Waals surface area contributed by atoms with Gasteiger partial charge in [-0.05, 0) is 59.8 Å². The van der Waals surface area contributed by atoms with Crippen LogP contribution in [0.25, 0.3) is 0 Å². The van der Waals surface area contributed by atoms with Gasteiger partial charge in [0.15, 0.2) is 0 Å². The lowest BCUT2D eigenvalue weighted by Gasteiger charge is -2.50. The van der Waals surface area contributed by atoms with Gasteiger partial charge in [-0.2, -0.15) is 0 Å². The van der Waals surface area contributed by atoms with Crippen LogP contribution in [0, 0.1) is 5.41 Å². The number of rotatable bonds is 4. The maximum Gasteiger partial charge on any atom is 0.310 e. The second kappa shape index (κ2) is 4.74. The fourth-order valence-electron chi connectivity index (χ4n) is 3.03. The number of hydrogen-bond donors (Lipinski definition) is 2. The van der Waals surface area contributed by atoms with Crippen LogP contribution in [0.5, 0.6) is 0 Å². The Morgan fingerprint density at radius 3 is 2.42 bits per heavy atom. The molecule has 4 nitrogen and oxygen atoms in total. The van der Waals surface area contributed by atoms with Gasteiger partial charge < -0.3 is 15.2 Å². The molecule has 0 bridgehead atoms. The summed E-state index contributed by atoms with van der Waals surface area (Å²) in [7, 11) is 0. The van der Waals surface area contributed by atoms with Gasteiger partial charge in [0, 0.05) is 18.2 Å². The van der Waals surface area contributed by atoms with Crippen LogP contribution in [0.3, 0.4) is 0 Å². The van der Waals surface area contributed by atoms with Crippen LogP contribution in [-0.2, 0) is 9.53 Å². The van der Waals surface area contributed by atoms with E-state index in [0.717, 1.165) is 32.3 Å². The lowest BCUT2D eigenvalue weighted by Crippen LogP contribution is -2.61. The number of nitrogens with one attached hydrogen (secondary N) is 1. The molecule has 19 heavy (non-hydrogen) atoms. The van der Waals surface area contributed by atoms with Crippen molar-refractivity contribution in [3.8, 4) is 0 Å². The van der Waals surface area contributed by atoms with Crippen molar-refractivity contribution in [3.05, 3.63) is 0 Å². The van der Waals surface area contributed by atoms with Crippen LogP contribution in [0.15, 0.2) is 0 Å². The predicted molar refractivity (Wildman–Crippen MR) is 74.2 cm³/mol. The Labute approximate surface area is 115 Å². The van der Waals surface area contributed by atoms with Crippen molar-refractivity contribution < 1.29 is 14.6 Å². The molecule has 0 aromatic rings. The molecule has 2 N–H and O–H groups in total. The lowest BCUT2D eigenvalue weighted by atomic mass is 9.71. The summed E-state index contributed by atoms with van der Waals surface area (Å²) in [4.78, 5) is 11.4. The Balaban J connectivity index is 2.01. The summed E-state index contributed by atoms with van der Waals surface area (Å²) in [5.74, 6) is -0.754. The van der Waals surface area contributed by atoms with E-state index in [2.05, 4.69) is 5.32 Å². The number of carboxylic acid groups (broad SMARTS) is 1. The van der Waals surface area contributed by atoms with E-state index in [-0.39, 0.29) is 5.60 Å². The monoisotopic (exact) mass is 269 g/mol. The molecule has 1 heterocycles. The van der Waals surface area contributed by atoms with Crippen LogP contribution in [-0.4, -0.2) is 34.9 Å². The van der Waals surface area contributed by atoms with Crippen LogP contribution >= 0.6 is 0 Å². The first-order chi connectivity index (χ1) is 8.69. The zero-order valence-corrected chi connectivity index (χ0v) is 12.6.